The highest BCUT2D eigenvalue weighted by Gasteiger charge is 2.39. The normalized spacial score (nSPS) is 25.3. The van der Waals surface area contributed by atoms with E-state index in [9.17, 15) is 0 Å². The average molecular weight is 291 g/mol. The third-order valence-electron chi connectivity index (χ3n) is 5.08. The van der Waals surface area contributed by atoms with Crippen LogP contribution in [0.1, 0.15) is 35.1 Å². The number of allylic oxidation sites excluding steroid dienone is 2. The van der Waals surface area contributed by atoms with Gasteiger partial charge < -0.3 is 10.1 Å². The molecule has 0 amide bonds. The number of hydrogen-bond acceptors (Lipinski definition) is 2. The van der Waals surface area contributed by atoms with Crippen LogP contribution in [0.25, 0.3) is 0 Å². The summed E-state index contributed by atoms with van der Waals surface area (Å²) >= 11 is 0. The maximum Gasteiger partial charge on any atom is 0.142 e. The molecular weight excluding hydrogens is 270 g/mol. The molecule has 0 saturated carbocycles. The molecule has 2 aromatic carbocycles. The predicted octanol–water partition coefficient (Wildman–Crippen LogP) is 4.83. The monoisotopic (exact) mass is 291 g/mol. The quantitative estimate of drug-likeness (QED) is 0.800. The summed E-state index contributed by atoms with van der Waals surface area (Å²) in [6.07, 6.45) is 5.85. The minimum atomic E-state index is 0.337. The Balaban J connectivity index is 1.87. The molecule has 0 bridgehead atoms. The molecule has 2 aliphatic rings. The zero-order valence-electron chi connectivity index (χ0n) is 13.0. The van der Waals surface area contributed by atoms with Gasteiger partial charge in [0.1, 0.15) is 5.75 Å². The van der Waals surface area contributed by atoms with Gasteiger partial charge in [-0.05, 0) is 42.0 Å². The molecule has 2 aromatic rings. The van der Waals surface area contributed by atoms with Crippen LogP contribution in [0.5, 0.6) is 5.75 Å². The van der Waals surface area contributed by atoms with E-state index in [1.807, 2.05) is 0 Å². The highest BCUT2D eigenvalue weighted by atomic mass is 16.5. The molecule has 0 radical (unpaired) electrons. The van der Waals surface area contributed by atoms with Crippen molar-refractivity contribution in [2.45, 2.75) is 25.3 Å². The Kier molecular flexibility index (Phi) is 3.18. The lowest BCUT2D eigenvalue weighted by Crippen LogP contribution is -2.29. The van der Waals surface area contributed by atoms with Gasteiger partial charge in [0.05, 0.1) is 18.8 Å². The molecule has 0 aromatic heterocycles. The first-order chi connectivity index (χ1) is 10.8. The number of methoxy groups -OCH3 is 1. The van der Waals surface area contributed by atoms with Crippen LogP contribution in [0.15, 0.2) is 54.6 Å². The second kappa shape index (κ2) is 5.20. The second-order valence-electron chi connectivity index (χ2n) is 6.26. The van der Waals surface area contributed by atoms with Crippen molar-refractivity contribution in [2.75, 3.05) is 12.4 Å². The van der Waals surface area contributed by atoms with Gasteiger partial charge >= 0.3 is 0 Å². The van der Waals surface area contributed by atoms with Gasteiger partial charge in [0.25, 0.3) is 0 Å². The average Bonchev–Trinajstić information content (AvgIpc) is 3.04. The Morgan fingerprint density at radius 1 is 1.09 bits per heavy atom. The zero-order chi connectivity index (χ0) is 15.1. The Bertz CT molecular complexity index is 720. The summed E-state index contributed by atoms with van der Waals surface area (Å²) in [4.78, 5) is 0. The number of anilines is 1. The van der Waals surface area contributed by atoms with Crippen molar-refractivity contribution < 1.29 is 4.74 Å². The van der Waals surface area contributed by atoms with Gasteiger partial charge in [-0.1, -0.05) is 48.6 Å². The van der Waals surface area contributed by atoms with Gasteiger partial charge in [-0.15, -0.1) is 0 Å². The van der Waals surface area contributed by atoms with E-state index in [-0.39, 0.29) is 0 Å². The lowest BCUT2D eigenvalue weighted by atomic mass is 9.75. The van der Waals surface area contributed by atoms with Crippen LogP contribution in [0.3, 0.4) is 0 Å². The van der Waals surface area contributed by atoms with E-state index in [1.165, 1.54) is 22.4 Å². The highest BCUT2D eigenvalue weighted by Crippen LogP contribution is 2.53. The molecule has 112 valence electrons. The maximum absolute atomic E-state index is 5.61. The first-order valence-electron chi connectivity index (χ1n) is 7.95. The molecule has 0 unspecified atom stereocenters. The lowest BCUT2D eigenvalue weighted by Gasteiger charge is -2.39. The molecule has 2 nitrogen and oxygen atoms in total. The van der Waals surface area contributed by atoms with E-state index in [4.69, 9.17) is 4.74 Å². The number of benzene rings is 2. The summed E-state index contributed by atoms with van der Waals surface area (Å²) in [6.45, 7) is 2.20. The topological polar surface area (TPSA) is 21.3 Å². The number of hydrogen-bond donors (Lipinski definition) is 1. The van der Waals surface area contributed by atoms with Crippen molar-refractivity contribution >= 4 is 5.69 Å². The number of nitrogens with one attached hydrogen (secondary N) is 1. The van der Waals surface area contributed by atoms with Crippen LogP contribution >= 0.6 is 0 Å². The van der Waals surface area contributed by atoms with E-state index in [0.717, 1.165) is 12.2 Å². The van der Waals surface area contributed by atoms with E-state index in [1.54, 1.807) is 7.11 Å². The molecule has 0 fully saturated rings. The van der Waals surface area contributed by atoms with Crippen LogP contribution in [0, 0.1) is 12.8 Å². The minimum Gasteiger partial charge on any atom is -0.495 e. The third-order valence-corrected chi connectivity index (χ3v) is 5.08. The van der Waals surface area contributed by atoms with Crippen LogP contribution < -0.4 is 10.1 Å². The summed E-state index contributed by atoms with van der Waals surface area (Å²) in [5.74, 6) is 2.01. The molecule has 1 N–H and O–H groups in total. The van der Waals surface area contributed by atoms with Gasteiger partial charge in [-0.3, -0.25) is 0 Å². The Labute approximate surface area is 131 Å². The van der Waals surface area contributed by atoms with Crippen LogP contribution in [0.4, 0.5) is 5.69 Å². The Morgan fingerprint density at radius 3 is 2.68 bits per heavy atom. The smallest absolute Gasteiger partial charge is 0.142 e. The fourth-order valence-corrected chi connectivity index (χ4v) is 4.03. The summed E-state index contributed by atoms with van der Waals surface area (Å²) < 4.78 is 5.61. The Morgan fingerprint density at radius 2 is 1.91 bits per heavy atom. The van der Waals surface area contributed by atoms with Crippen molar-refractivity contribution in [1.82, 2.24) is 0 Å². The van der Waals surface area contributed by atoms with Gasteiger partial charge in [0.2, 0.25) is 0 Å². The number of aryl methyl sites for hydroxylation is 1. The summed E-state index contributed by atoms with van der Waals surface area (Å²) in [7, 11) is 1.75. The molecule has 4 rings (SSSR count). The molecule has 2 heteroatoms. The van der Waals surface area contributed by atoms with Crippen molar-refractivity contribution in [3.05, 3.63) is 71.3 Å². The number of fused-ring (bicyclic) bond motifs is 3. The standard InChI is InChI=1S/C20H21NO/c1-13-11-12-17(22-2)20-18(13)15-9-6-10-16(15)19(21-20)14-7-4-3-5-8-14/h3-9,11-12,15-16,19,21H,10H2,1-2H3/t15-,16-,19-/m1/s1. The van der Waals surface area contributed by atoms with E-state index in [0.29, 0.717) is 17.9 Å². The Hall–Kier alpha value is -2.22. The van der Waals surface area contributed by atoms with Crippen LogP contribution in [-0.2, 0) is 0 Å². The van der Waals surface area contributed by atoms with E-state index >= 15 is 0 Å². The molecular formula is C20H21NO. The maximum atomic E-state index is 5.61. The third kappa shape index (κ3) is 1.94. The molecule has 0 spiro atoms. The van der Waals surface area contributed by atoms with Crippen molar-refractivity contribution in [3.63, 3.8) is 0 Å². The van der Waals surface area contributed by atoms with Crippen molar-refractivity contribution in [2.24, 2.45) is 5.92 Å². The molecule has 1 heterocycles. The van der Waals surface area contributed by atoms with Crippen LogP contribution in [0.2, 0.25) is 0 Å². The van der Waals surface area contributed by atoms with Gasteiger partial charge in [0, 0.05) is 5.92 Å². The molecule has 1 aliphatic heterocycles. The molecule has 1 aliphatic carbocycles. The fraction of sp³-hybridized carbons (Fsp3) is 0.300. The highest BCUT2D eigenvalue weighted by molar-refractivity contribution is 5.69. The molecule has 3 atom stereocenters. The SMILES string of the molecule is COc1ccc(C)c2c1N[C@H](c1ccccc1)[C@@H]1CC=C[C@@H]21. The van der Waals surface area contributed by atoms with Gasteiger partial charge in [-0.2, -0.15) is 0 Å². The molecule has 22 heavy (non-hydrogen) atoms. The predicted molar refractivity (Wildman–Crippen MR) is 90.5 cm³/mol. The van der Waals surface area contributed by atoms with E-state index < -0.39 is 0 Å². The molecule has 0 saturated heterocycles. The zero-order valence-corrected chi connectivity index (χ0v) is 13.0. The summed E-state index contributed by atoms with van der Waals surface area (Å²) in [6, 6.07) is 15.3. The number of ether oxygens (including phenoxy) is 1. The van der Waals surface area contributed by atoms with Crippen LogP contribution in [-0.4, -0.2) is 7.11 Å². The fourth-order valence-electron chi connectivity index (χ4n) is 4.03. The van der Waals surface area contributed by atoms with Gasteiger partial charge in [0.15, 0.2) is 0 Å². The van der Waals surface area contributed by atoms with Gasteiger partial charge in [-0.25, -0.2) is 0 Å². The summed E-state index contributed by atoms with van der Waals surface area (Å²) in [5.41, 5.74) is 5.28. The second-order valence-corrected chi connectivity index (χ2v) is 6.26. The lowest BCUT2D eigenvalue weighted by molar-refractivity contribution is 0.396. The van der Waals surface area contributed by atoms with Crippen molar-refractivity contribution in [1.29, 1.82) is 0 Å². The minimum absolute atomic E-state index is 0.337. The van der Waals surface area contributed by atoms with E-state index in [2.05, 4.69) is 66.9 Å². The summed E-state index contributed by atoms with van der Waals surface area (Å²) in [5, 5.41) is 3.78. The first-order valence-corrected chi connectivity index (χ1v) is 7.95. The number of rotatable bonds is 2. The first kappa shape index (κ1) is 13.4. The van der Waals surface area contributed by atoms with Crippen molar-refractivity contribution in [3.8, 4) is 5.75 Å². The largest absolute Gasteiger partial charge is 0.495 e.